The molecular weight excluding hydrogens is 435 g/mol. The zero-order valence-electron chi connectivity index (χ0n) is 19.3. The Kier molecular flexibility index (Phi) is 6.11. The Bertz CT molecular complexity index is 1030. The molecule has 0 radical (unpaired) electrons. The maximum absolute atomic E-state index is 13.4. The maximum Gasteiger partial charge on any atom is 0.431 e. The van der Waals surface area contributed by atoms with E-state index in [0.29, 0.717) is 48.7 Å². The molecule has 1 spiro atoms. The number of halogens is 3. The van der Waals surface area contributed by atoms with Crippen LogP contribution in [0.5, 0.6) is 11.5 Å². The molecule has 0 bridgehead atoms. The lowest BCUT2D eigenvalue weighted by Gasteiger charge is -2.48. The molecule has 2 aliphatic heterocycles. The third-order valence-electron chi connectivity index (χ3n) is 6.55. The van der Waals surface area contributed by atoms with Crippen molar-refractivity contribution in [3.05, 3.63) is 47.3 Å². The Balaban J connectivity index is 1.55. The molecule has 2 atom stereocenters. The largest absolute Gasteiger partial charge is 0.493 e. The Hall–Kier alpha value is -2.68. The summed E-state index contributed by atoms with van der Waals surface area (Å²) in [5.41, 5.74) is -0.0489. The highest BCUT2D eigenvalue weighted by atomic mass is 19.4. The first-order chi connectivity index (χ1) is 15.6. The Morgan fingerprint density at radius 3 is 2.58 bits per heavy atom. The van der Waals surface area contributed by atoms with Gasteiger partial charge in [0.15, 0.2) is 11.5 Å². The number of nitrogens with one attached hydrogen (secondary N) is 1. The predicted octanol–water partition coefficient (Wildman–Crippen LogP) is 4.43. The van der Waals surface area contributed by atoms with E-state index in [1.54, 1.807) is 29.2 Å². The zero-order chi connectivity index (χ0) is 24.0. The second kappa shape index (κ2) is 8.59. The van der Waals surface area contributed by atoms with Gasteiger partial charge in [0.05, 0.1) is 18.8 Å². The molecular formula is C24H30F3N3O3. The van der Waals surface area contributed by atoms with E-state index in [2.05, 4.69) is 5.32 Å². The van der Waals surface area contributed by atoms with E-state index in [1.807, 2.05) is 20.8 Å². The lowest BCUT2D eigenvalue weighted by Crippen LogP contribution is -2.59. The van der Waals surface area contributed by atoms with Gasteiger partial charge in [-0.15, -0.1) is 0 Å². The Morgan fingerprint density at radius 2 is 1.94 bits per heavy atom. The van der Waals surface area contributed by atoms with Crippen LogP contribution in [-0.4, -0.2) is 47.7 Å². The third-order valence-corrected chi connectivity index (χ3v) is 6.55. The number of fused-ring (bicyclic) bond motifs is 2. The summed E-state index contributed by atoms with van der Waals surface area (Å²) in [5.74, 6) is 0.929. The number of carbonyl (C=O) groups is 1. The van der Waals surface area contributed by atoms with Crippen LogP contribution in [-0.2, 0) is 18.3 Å². The van der Waals surface area contributed by atoms with Crippen molar-refractivity contribution in [3.63, 3.8) is 0 Å². The summed E-state index contributed by atoms with van der Waals surface area (Å²) in [7, 11) is 1.53. The van der Waals surface area contributed by atoms with Crippen LogP contribution in [0.25, 0.3) is 0 Å². The second-order valence-electron chi connectivity index (χ2n) is 9.10. The molecule has 33 heavy (non-hydrogen) atoms. The summed E-state index contributed by atoms with van der Waals surface area (Å²) in [5, 5.41) is 3.47. The molecule has 1 aromatic heterocycles. The summed E-state index contributed by atoms with van der Waals surface area (Å²) in [6.07, 6.45) is -3.34. The van der Waals surface area contributed by atoms with E-state index in [0.717, 1.165) is 0 Å². The molecule has 0 aliphatic carbocycles. The minimum Gasteiger partial charge on any atom is -0.493 e. The number of likely N-dealkylation sites (tertiary alicyclic amines) is 1. The van der Waals surface area contributed by atoms with Crippen LogP contribution < -0.4 is 14.8 Å². The van der Waals surface area contributed by atoms with Crippen molar-refractivity contribution in [2.45, 2.75) is 64.0 Å². The summed E-state index contributed by atoms with van der Waals surface area (Å²) >= 11 is 0. The summed E-state index contributed by atoms with van der Waals surface area (Å²) < 4.78 is 52.9. The molecule has 2 aromatic rings. The van der Waals surface area contributed by atoms with Crippen LogP contribution in [0, 0.1) is 0 Å². The van der Waals surface area contributed by atoms with Gasteiger partial charge in [0, 0.05) is 36.9 Å². The maximum atomic E-state index is 13.4. The van der Waals surface area contributed by atoms with E-state index in [-0.39, 0.29) is 24.6 Å². The van der Waals surface area contributed by atoms with Crippen LogP contribution in [0.2, 0.25) is 0 Å². The molecule has 0 saturated carbocycles. The molecule has 180 valence electrons. The summed E-state index contributed by atoms with van der Waals surface area (Å²) in [4.78, 5) is 15.1. The summed E-state index contributed by atoms with van der Waals surface area (Å²) in [6, 6.07) is 7.72. The van der Waals surface area contributed by atoms with E-state index in [1.165, 1.54) is 17.7 Å². The highest BCUT2D eigenvalue weighted by molar-refractivity contribution is 5.95. The second-order valence-corrected chi connectivity index (χ2v) is 9.10. The molecule has 9 heteroatoms. The first-order valence-corrected chi connectivity index (χ1v) is 11.2. The molecule has 1 N–H and O–H groups in total. The normalized spacial score (nSPS) is 23.0. The average Bonchev–Trinajstić information content (AvgIpc) is 3.20. The number of hydrogen-bond acceptors (Lipinski definition) is 4. The number of methoxy groups -OCH3 is 1. The van der Waals surface area contributed by atoms with Gasteiger partial charge >= 0.3 is 6.18 Å². The average molecular weight is 466 g/mol. The molecule has 1 fully saturated rings. The molecule has 1 saturated heterocycles. The van der Waals surface area contributed by atoms with Crippen LogP contribution in [0.3, 0.4) is 0 Å². The fraction of sp³-hybridized carbons (Fsp3) is 0.542. The van der Waals surface area contributed by atoms with Gasteiger partial charge in [-0.3, -0.25) is 4.79 Å². The van der Waals surface area contributed by atoms with Crippen LogP contribution in [0.15, 0.2) is 30.3 Å². The first kappa shape index (κ1) is 23.5. The van der Waals surface area contributed by atoms with Gasteiger partial charge in [0.1, 0.15) is 5.69 Å². The van der Waals surface area contributed by atoms with Gasteiger partial charge in [0.2, 0.25) is 0 Å². The van der Waals surface area contributed by atoms with Crippen molar-refractivity contribution in [2.75, 3.05) is 20.2 Å². The Labute approximate surface area is 191 Å². The zero-order valence-corrected chi connectivity index (χ0v) is 19.3. The number of nitrogens with zero attached hydrogens (tertiary/aromatic N) is 2. The molecule has 1 amide bonds. The van der Waals surface area contributed by atoms with Gasteiger partial charge in [-0.2, -0.15) is 13.2 Å². The van der Waals surface area contributed by atoms with Crippen LogP contribution >= 0.6 is 0 Å². The monoisotopic (exact) mass is 465 g/mol. The Morgan fingerprint density at radius 1 is 1.18 bits per heavy atom. The lowest BCUT2D eigenvalue weighted by molar-refractivity contribution is -0.144. The van der Waals surface area contributed by atoms with E-state index in [9.17, 15) is 18.0 Å². The van der Waals surface area contributed by atoms with E-state index < -0.39 is 17.4 Å². The van der Waals surface area contributed by atoms with E-state index >= 15 is 0 Å². The fourth-order valence-corrected chi connectivity index (χ4v) is 5.13. The van der Waals surface area contributed by atoms with Gasteiger partial charge < -0.3 is 24.3 Å². The smallest absolute Gasteiger partial charge is 0.431 e. The number of piperidine rings is 1. The number of alkyl halides is 3. The lowest BCUT2D eigenvalue weighted by atomic mass is 9.79. The number of aromatic nitrogens is 1. The number of hydrogen-bond donors (Lipinski definition) is 1. The molecule has 3 heterocycles. The standard InChI is InChI=1S/C24H30F3N3O3/c1-15(2)33-18-6-5-17(13-19(18)32-4)22(31)29-11-9-23(14-16(29)3)20-7-8-21(24(25,26)27)30(20)12-10-28-23/h5-8,13,15-16,28H,9-12,14H2,1-4H3. The van der Waals surface area contributed by atoms with Crippen molar-refractivity contribution in [2.24, 2.45) is 0 Å². The minimum absolute atomic E-state index is 0.0291. The van der Waals surface area contributed by atoms with Gasteiger partial charge in [-0.1, -0.05) is 0 Å². The predicted molar refractivity (Wildman–Crippen MR) is 118 cm³/mol. The van der Waals surface area contributed by atoms with Crippen LogP contribution in [0.1, 0.15) is 55.4 Å². The molecule has 2 unspecified atom stereocenters. The van der Waals surface area contributed by atoms with Crippen molar-refractivity contribution in [3.8, 4) is 11.5 Å². The molecule has 6 nitrogen and oxygen atoms in total. The molecule has 4 rings (SSSR count). The number of carbonyl (C=O) groups excluding carboxylic acids is 1. The quantitative estimate of drug-likeness (QED) is 0.726. The number of amides is 1. The van der Waals surface area contributed by atoms with Crippen LogP contribution in [0.4, 0.5) is 13.2 Å². The van der Waals surface area contributed by atoms with E-state index in [4.69, 9.17) is 9.47 Å². The van der Waals surface area contributed by atoms with Gasteiger partial charge in [0.25, 0.3) is 5.91 Å². The number of benzene rings is 1. The van der Waals surface area contributed by atoms with Crippen molar-refractivity contribution in [1.29, 1.82) is 0 Å². The van der Waals surface area contributed by atoms with Gasteiger partial charge in [-0.25, -0.2) is 0 Å². The number of rotatable bonds is 4. The highest BCUT2D eigenvalue weighted by Crippen LogP contribution is 2.42. The van der Waals surface area contributed by atoms with Crippen molar-refractivity contribution >= 4 is 5.91 Å². The van der Waals surface area contributed by atoms with Gasteiger partial charge in [-0.05, 0) is 63.9 Å². The SMILES string of the molecule is COc1cc(C(=O)N2CCC3(CC2C)NCCn2c(C(F)(F)F)ccc23)ccc1OC(C)C. The fourth-order valence-electron chi connectivity index (χ4n) is 5.13. The molecule has 1 aromatic carbocycles. The summed E-state index contributed by atoms with van der Waals surface area (Å²) in [6.45, 7) is 6.95. The highest BCUT2D eigenvalue weighted by Gasteiger charge is 2.46. The minimum atomic E-state index is -4.39. The first-order valence-electron chi connectivity index (χ1n) is 11.2. The van der Waals surface area contributed by atoms with Crippen molar-refractivity contribution in [1.82, 2.24) is 14.8 Å². The third kappa shape index (κ3) is 4.30. The molecule has 2 aliphatic rings. The topological polar surface area (TPSA) is 55.7 Å². The van der Waals surface area contributed by atoms with Crippen molar-refractivity contribution < 1.29 is 27.4 Å². The number of ether oxygens (including phenoxy) is 2.